The molecule has 3 atom stereocenters. The average molecular weight is 639 g/mol. The van der Waals surface area contributed by atoms with E-state index in [2.05, 4.69) is 9.82 Å². The number of benzene rings is 3. The minimum Gasteiger partial charge on any atom is -0.274 e. The van der Waals surface area contributed by atoms with Gasteiger partial charge in [0.2, 0.25) is 10.0 Å². The number of sulfonamides is 1. The molecule has 3 aromatic carbocycles. The van der Waals surface area contributed by atoms with Crippen molar-refractivity contribution in [1.29, 1.82) is 0 Å². The molecule has 0 saturated heterocycles. The Morgan fingerprint density at radius 1 is 0.956 bits per heavy atom. The first-order valence-electron chi connectivity index (χ1n) is 15.6. The molecular formula is C34H37F3N4O3S. The molecule has 7 nitrogen and oxygen atoms in total. The van der Waals surface area contributed by atoms with Gasteiger partial charge in [0.05, 0.1) is 22.7 Å². The molecule has 45 heavy (non-hydrogen) atoms. The molecule has 1 aromatic heterocycles. The van der Waals surface area contributed by atoms with Crippen LogP contribution in [0.2, 0.25) is 0 Å². The van der Waals surface area contributed by atoms with Crippen LogP contribution in [0.25, 0.3) is 16.8 Å². The molecule has 0 aliphatic heterocycles. The maximum absolute atomic E-state index is 13.8. The summed E-state index contributed by atoms with van der Waals surface area (Å²) in [5.41, 5.74) is 0.113. The van der Waals surface area contributed by atoms with E-state index in [-0.39, 0.29) is 17.1 Å². The number of fused-ring (bicyclic) bond motifs is 2. The zero-order valence-corrected chi connectivity index (χ0v) is 25.9. The van der Waals surface area contributed by atoms with Gasteiger partial charge in [0.25, 0.3) is 0 Å². The third-order valence-electron chi connectivity index (χ3n) is 9.33. The van der Waals surface area contributed by atoms with Crippen molar-refractivity contribution < 1.29 is 21.6 Å². The smallest absolute Gasteiger partial charge is 0.274 e. The van der Waals surface area contributed by atoms with E-state index < -0.39 is 27.5 Å². The average Bonchev–Trinajstić information content (AvgIpc) is 3.74. The van der Waals surface area contributed by atoms with Crippen molar-refractivity contribution in [3.63, 3.8) is 0 Å². The van der Waals surface area contributed by atoms with Crippen LogP contribution in [0.3, 0.4) is 0 Å². The van der Waals surface area contributed by atoms with Crippen molar-refractivity contribution in [2.24, 2.45) is 17.8 Å². The lowest BCUT2D eigenvalue weighted by atomic mass is 9.89. The molecule has 3 unspecified atom stereocenters. The van der Waals surface area contributed by atoms with Crippen LogP contribution < -0.4 is 10.4 Å². The fraction of sp³-hybridized carbons (Fsp3) is 0.412. The number of nitrogens with one attached hydrogen (secondary N) is 1. The minimum atomic E-state index is -4.64. The maximum Gasteiger partial charge on any atom is 0.418 e. The molecule has 2 aliphatic carbocycles. The van der Waals surface area contributed by atoms with Gasteiger partial charge in [-0.25, -0.2) is 17.9 Å². The summed E-state index contributed by atoms with van der Waals surface area (Å²) in [6, 6.07) is 19.0. The van der Waals surface area contributed by atoms with Gasteiger partial charge in [0.1, 0.15) is 5.82 Å². The fourth-order valence-electron chi connectivity index (χ4n) is 7.00. The summed E-state index contributed by atoms with van der Waals surface area (Å²) < 4.78 is 73.3. The second-order valence-corrected chi connectivity index (χ2v) is 14.0. The Bertz CT molecular complexity index is 1830. The van der Waals surface area contributed by atoms with Crippen molar-refractivity contribution in [3.8, 4) is 16.8 Å². The molecule has 4 aromatic rings. The Kier molecular flexibility index (Phi) is 8.76. The molecule has 2 fully saturated rings. The van der Waals surface area contributed by atoms with E-state index in [4.69, 9.17) is 0 Å². The van der Waals surface area contributed by atoms with Gasteiger partial charge in [0.15, 0.2) is 0 Å². The lowest BCUT2D eigenvalue weighted by Crippen LogP contribution is -2.31. The lowest BCUT2D eigenvalue weighted by molar-refractivity contribution is -0.137. The standard InChI is InChI=1S/C34H37F3N4O3S/c1-2-3-12-32-39-41(30-10-6-5-9-29(30)34(35,36)37)33(42)40(32)22-23-13-16-25(17-14-23)28-8-4-7-11-31(28)45(43,44)38-21-27-20-24-15-18-26(27)19-24/h4-11,13-14,16-17,24,26-27,38H,2-3,12,15,18-22H2,1H3. The van der Waals surface area contributed by atoms with Gasteiger partial charge in [0, 0.05) is 18.5 Å². The normalized spacial score (nSPS) is 19.8. The summed E-state index contributed by atoms with van der Waals surface area (Å²) in [7, 11) is -3.75. The van der Waals surface area contributed by atoms with E-state index in [1.54, 1.807) is 48.5 Å². The monoisotopic (exact) mass is 638 g/mol. The van der Waals surface area contributed by atoms with Crippen molar-refractivity contribution in [1.82, 2.24) is 19.1 Å². The molecule has 238 valence electrons. The van der Waals surface area contributed by atoms with Crippen LogP contribution in [-0.2, 0) is 29.2 Å². The molecule has 2 aliphatic rings. The summed E-state index contributed by atoms with van der Waals surface area (Å²) in [5, 5.41) is 4.34. The molecule has 0 amide bonds. The molecule has 11 heteroatoms. The Morgan fingerprint density at radius 3 is 2.38 bits per heavy atom. The highest BCUT2D eigenvalue weighted by Gasteiger charge is 2.40. The zero-order valence-electron chi connectivity index (χ0n) is 25.1. The van der Waals surface area contributed by atoms with Gasteiger partial charge in [-0.3, -0.25) is 4.57 Å². The van der Waals surface area contributed by atoms with Gasteiger partial charge in [-0.15, -0.1) is 5.10 Å². The summed E-state index contributed by atoms with van der Waals surface area (Å²) in [4.78, 5) is 13.7. The fourth-order valence-corrected chi connectivity index (χ4v) is 8.33. The van der Waals surface area contributed by atoms with Crippen LogP contribution in [0.15, 0.2) is 82.5 Å². The summed E-state index contributed by atoms with van der Waals surface area (Å²) in [6.07, 6.45) is 2.09. The van der Waals surface area contributed by atoms with Gasteiger partial charge in [-0.1, -0.05) is 74.4 Å². The highest BCUT2D eigenvalue weighted by Crippen LogP contribution is 2.48. The van der Waals surface area contributed by atoms with Crippen molar-refractivity contribution in [3.05, 3.63) is 100 Å². The molecule has 0 spiro atoms. The predicted molar refractivity (Wildman–Crippen MR) is 167 cm³/mol. The van der Waals surface area contributed by atoms with Gasteiger partial charge in [-0.2, -0.15) is 17.9 Å². The molecule has 0 radical (unpaired) electrons. The zero-order chi connectivity index (χ0) is 31.8. The summed E-state index contributed by atoms with van der Waals surface area (Å²) in [5.74, 6) is 2.14. The minimum absolute atomic E-state index is 0.109. The van der Waals surface area contributed by atoms with E-state index in [0.717, 1.165) is 41.5 Å². The highest BCUT2D eigenvalue weighted by atomic mass is 32.2. The van der Waals surface area contributed by atoms with Crippen LogP contribution in [0.1, 0.15) is 62.4 Å². The van der Waals surface area contributed by atoms with E-state index >= 15 is 0 Å². The van der Waals surface area contributed by atoms with Crippen LogP contribution >= 0.6 is 0 Å². The number of alkyl halides is 3. The Labute approximate surface area is 261 Å². The number of nitrogens with zero attached hydrogens (tertiary/aromatic N) is 3. The second kappa shape index (κ2) is 12.6. The van der Waals surface area contributed by atoms with Gasteiger partial charge >= 0.3 is 11.9 Å². The van der Waals surface area contributed by atoms with E-state index in [9.17, 15) is 26.4 Å². The number of aromatic nitrogens is 3. The molecular weight excluding hydrogens is 601 g/mol. The number of unbranched alkanes of at least 4 members (excludes halogenated alkanes) is 1. The third kappa shape index (κ3) is 6.51. The number of rotatable bonds is 11. The largest absolute Gasteiger partial charge is 0.418 e. The van der Waals surface area contributed by atoms with E-state index in [0.29, 0.717) is 41.8 Å². The van der Waals surface area contributed by atoms with E-state index in [1.807, 2.05) is 6.92 Å². The van der Waals surface area contributed by atoms with Gasteiger partial charge < -0.3 is 0 Å². The number of para-hydroxylation sites is 1. The van der Waals surface area contributed by atoms with Crippen LogP contribution in [0.4, 0.5) is 13.2 Å². The number of halogens is 3. The Hall–Kier alpha value is -3.70. The Morgan fingerprint density at radius 2 is 1.69 bits per heavy atom. The topological polar surface area (TPSA) is 86.0 Å². The first-order valence-corrected chi connectivity index (χ1v) is 17.1. The third-order valence-corrected chi connectivity index (χ3v) is 10.8. The number of aryl methyl sites for hydroxylation is 1. The quantitative estimate of drug-likeness (QED) is 0.195. The molecule has 1 heterocycles. The first-order chi connectivity index (χ1) is 21.5. The van der Waals surface area contributed by atoms with E-state index in [1.165, 1.54) is 42.0 Å². The van der Waals surface area contributed by atoms with Crippen molar-refractivity contribution in [2.45, 2.75) is 69.5 Å². The first kappa shape index (κ1) is 31.3. The molecule has 1 N–H and O–H groups in total. The number of hydrogen-bond acceptors (Lipinski definition) is 4. The molecule has 2 bridgehead atoms. The maximum atomic E-state index is 13.8. The summed E-state index contributed by atoms with van der Waals surface area (Å²) >= 11 is 0. The van der Waals surface area contributed by atoms with Crippen LogP contribution in [-0.4, -0.2) is 29.3 Å². The highest BCUT2D eigenvalue weighted by molar-refractivity contribution is 7.89. The predicted octanol–water partition coefficient (Wildman–Crippen LogP) is 6.83. The van der Waals surface area contributed by atoms with Crippen LogP contribution in [0, 0.1) is 17.8 Å². The Balaban J connectivity index is 1.25. The second-order valence-electron chi connectivity index (χ2n) is 12.3. The van der Waals surface area contributed by atoms with Gasteiger partial charge in [-0.05, 0) is 72.8 Å². The van der Waals surface area contributed by atoms with Crippen LogP contribution in [0.5, 0.6) is 0 Å². The van der Waals surface area contributed by atoms with Crippen molar-refractivity contribution in [2.75, 3.05) is 6.54 Å². The van der Waals surface area contributed by atoms with Crippen molar-refractivity contribution >= 4 is 10.0 Å². The summed E-state index contributed by atoms with van der Waals surface area (Å²) in [6.45, 7) is 2.55. The molecule has 6 rings (SSSR count). The number of hydrogen-bond donors (Lipinski definition) is 1. The SMILES string of the molecule is CCCCc1nn(-c2ccccc2C(F)(F)F)c(=O)n1Cc1ccc(-c2ccccc2S(=O)(=O)NCC2CC3CCC2C3)cc1. The molecule has 2 saturated carbocycles. The lowest BCUT2D eigenvalue weighted by Gasteiger charge is -2.22.